The highest BCUT2D eigenvalue weighted by Gasteiger charge is 2.22. The van der Waals surface area contributed by atoms with E-state index in [9.17, 15) is 0 Å². The number of aromatic nitrogens is 2. The Morgan fingerprint density at radius 1 is 1.12 bits per heavy atom. The van der Waals surface area contributed by atoms with E-state index >= 15 is 0 Å². The molecule has 4 nitrogen and oxygen atoms in total. The summed E-state index contributed by atoms with van der Waals surface area (Å²) in [7, 11) is 0. The molecule has 0 spiro atoms. The first-order chi connectivity index (χ1) is 12.7. The van der Waals surface area contributed by atoms with Crippen LogP contribution in [0.25, 0.3) is 10.9 Å². The maximum Gasteiger partial charge on any atom is 0.123 e. The first kappa shape index (κ1) is 17.4. The van der Waals surface area contributed by atoms with E-state index < -0.39 is 0 Å². The molecule has 0 bridgehead atoms. The van der Waals surface area contributed by atoms with Crippen LogP contribution in [0.4, 0.5) is 0 Å². The summed E-state index contributed by atoms with van der Waals surface area (Å²) in [6.45, 7) is 3.00. The third kappa shape index (κ3) is 3.87. The van der Waals surface area contributed by atoms with Gasteiger partial charge in [-0.2, -0.15) is 5.10 Å². The zero-order chi connectivity index (χ0) is 17.9. The van der Waals surface area contributed by atoms with E-state index in [-0.39, 0.29) is 0 Å². The van der Waals surface area contributed by atoms with Crippen LogP contribution in [0.1, 0.15) is 36.8 Å². The maximum absolute atomic E-state index is 6.30. The Labute approximate surface area is 158 Å². The number of nitrogens with one attached hydrogen (secondary N) is 2. The second-order valence-electron chi connectivity index (χ2n) is 7.12. The zero-order valence-corrected chi connectivity index (χ0v) is 15.7. The summed E-state index contributed by atoms with van der Waals surface area (Å²) in [5, 5.41) is 12.7. The van der Waals surface area contributed by atoms with Crippen molar-refractivity contribution in [2.45, 2.75) is 51.3 Å². The molecule has 0 atom stereocenters. The fraction of sp³-hybridized carbons (Fsp3) is 0.381. The monoisotopic (exact) mass is 369 g/mol. The van der Waals surface area contributed by atoms with E-state index in [1.807, 2.05) is 24.4 Å². The molecular weight excluding hydrogens is 346 g/mol. The first-order valence-electron chi connectivity index (χ1n) is 9.26. The SMILES string of the molecule is Cc1c(O[C@H]2CC[C@H](NCc3ccc(Cl)cc3)CC2)ccc2[nH]ncc12. The number of hydrogen-bond acceptors (Lipinski definition) is 3. The van der Waals surface area contributed by atoms with Crippen molar-refractivity contribution in [3.8, 4) is 5.75 Å². The van der Waals surface area contributed by atoms with Gasteiger partial charge in [-0.15, -0.1) is 0 Å². The van der Waals surface area contributed by atoms with Gasteiger partial charge < -0.3 is 10.1 Å². The number of rotatable bonds is 5. The predicted molar refractivity (Wildman–Crippen MR) is 106 cm³/mol. The highest BCUT2D eigenvalue weighted by molar-refractivity contribution is 6.30. The number of aromatic amines is 1. The molecule has 0 aliphatic heterocycles. The van der Waals surface area contributed by atoms with Gasteiger partial charge in [0.25, 0.3) is 0 Å². The number of H-pyrrole nitrogens is 1. The second-order valence-corrected chi connectivity index (χ2v) is 7.56. The Hall–Kier alpha value is -2.04. The molecule has 0 radical (unpaired) electrons. The van der Waals surface area contributed by atoms with Crippen LogP contribution in [0, 0.1) is 6.92 Å². The average molecular weight is 370 g/mol. The topological polar surface area (TPSA) is 49.9 Å². The minimum Gasteiger partial charge on any atom is -0.490 e. The van der Waals surface area contributed by atoms with Gasteiger partial charge in [0, 0.05) is 28.6 Å². The van der Waals surface area contributed by atoms with E-state index in [0.29, 0.717) is 12.1 Å². The van der Waals surface area contributed by atoms with E-state index in [1.165, 1.54) is 11.1 Å². The van der Waals surface area contributed by atoms with Gasteiger partial charge in [-0.25, -0.2) is 0 Å². The van der Waals surface area contributed by atoms with Crippen LogP contribution in [0.2, 0.25) is 5.02 Å². The lowest BCUT2D eigenvalue weighted by Crippen LogP contribution is -2.36. The molecule has 1 aliphatic rings. The Morgan fingerprint density at radius 2 is 1.88 bits per heavy atom. The van der Waals surface area contributed by atoms with Crippen molar-refractivity contribution in [2.75, 3.05) is 0 Å². The molecule has 5 heteroatoms. The van der Waals surface area contributed by atoms with Crippen molar-refractivity contribution in [3.05, 3.63) is 58.7 Å². The first-order valence-corrected chi connectivity index (χ1v) is 9.64. The molecule has 3 aromatic rings. The van der Waals surface area contributed by atoms with Gasteiger partial charge >= 0.3 is 0 Å². The summed E-state index contributed by atoms with van der Waals surface area (Å²) in [5.74, 6) is 0.983. The lowest BCUT2D eigenvalue weighted by Gasteiger charge is -2.30. The van der Waals surface area contributed by atoms with Gasteiger partial charge in [-0.05, 0) is 62.4 Å². The molecule has 1 aromatic heterocycles. The average Bonchev–Trinajstić information content (AvgIpc) is 3.14. The molecule has 4 rings (SSSR count). The molecule has 26 heavy (non-hydrogen) atoms. The molecule has 136 valence electrons. The maximum atomic E-state index is 6.30. The van der Waals surface area contributed by atoms with E-state index in [0.717, 1.165) is 53.9 Å². The minimum absolute atomic E-state index is 0.298. The third-order valence-corrected chi connectivity index (χ3v) is 5.57. The molecule has 1 aliphatic carbocycles. The summed E-state index contributed by atoms with van der Waals surface area (Å²) >= 11 is 5.94. The minimum atomic E-state index is 0.298. The van der Waals surface area contributed by atoms with Crippen molar-refractivity contribution in [3.63, 3.8) is 0 Å². The van der Waals surface area contributed by atoms with Crippen molar-refractivity contribution in [2.24, 2.45) is 0 Å². The summed E-state index contributed by atoms with van der Waals surface area (Å²) in [6.07, 6.45) is 6.63. The summed E-state index contributed by atoms with van der Waals surface area (Å²) in [5.41, 5.74) is 3.50. The van der Waals surface area contributed by atoms with Crippen LogP contribution in [-0.2, 0) is 6.54 Å². The van der Waals surface area contributed by atoms with Gasteiger partial charge in [-0.1, -0.05) is 23.7 Å². The summed E-state index contributed by atoms with van der Waals surface area (Å²) < 4.78 is 6.30. The van der Waals surface area contributed by atoms with E-state index in [2.05, 4.69) is 40.6 Å². The number of benzene rings is 2. The van der Waals surface area contributed by atoms with E-state index in [4.69, 9.17) is 16.3 Å². The van der Waals surface area contributed by atoms with Crippen molar-refractivity contribution in [1.29, 1.82) is 0 Å². The van der Waals surface area contributed by atoms with Crippen molar-refractivity contribution < 1.29 is 4.74 Å². The number of fused-ring (bicyclic) bond motifs is 1. The van der Waals surface area contributed by atoms with E-state index in [1.54, 1.807) is 0 Å². The highest BCUT2D eigenvalue weighted by atomic mass is 35.5. The fourth-order valence-electron chi connectivity index (χ4n) is 3.70. The highest BCUT2D eigenvalue weighted by Crippen LogP contribution is 2.30. The second kappa shape index (κ2) is 7.68. The smallest absolute Gasteiger partial charge is 0.123 e. The molecule has 1 saturated carbocycles. The predicted octanol–water partition coefficient (Wildman–Crippen LogP) is 5.00. The van der Waals surface area contributed by atoms with Crippen molar-refractivity contribution >= 4 is 22.5 Å². The molecule has 1 heterocycles. The van der Waals surface area contributed by atoms with Crippen LogP contribution < -0.4 is 10.1 Å². The lowest BCUT2D eigenvalue weighted by molar-refractivity contribution is 0.138. The van der Waals surface area contributed by atoms with Crippen LogP contribution in [-0.4, -0.2) is 22.3 Å². The Kier molecular flexibility index (Phi) is 5.14. The molecule has 2 aromatic carbocycles. The molecule has 2 N–H and O–H groups in total. The van der Waals surface area contributed by atoms with Crippen molar-refractivity contribution in [1.82, 2.24) is 15.5 Å². The van der Waals surface area contributed by atoms with Crippen LogP contribution >= 0.6 is 11.6 Å². The molecule has 0 amide bonds. The third-order valence-electron chi connectivity index (χ3n) is 5.32. The van der Waals surface area contributed by atoms with Gasteiger partial charge in [0.15, 0.2) is 0 Å². The van der Waals surface area contributed by atoms with Gasteiger partial charge in [-0.3, -0.25) is 5.10 Å². The number of hydrogen-bond donors (Lipinski definition) is 2. The van der Waals surface area contributed by atoms with Gasteiger partial charge in [0.1, 0.15) is 5.75 Å². The largest absolute Gasteiger partial charge is 0.490 e. The summed E-state index contributed by atoms with van der Waals surface area (Å²) in [6, 6.07) is 12.7. The quantitative estimate of drug-likeness (QED) is 0.665. The summed E-state index contributed by atoms with van der Waals surface area (Å²) in [4.78, 5) is 0. The number of aryl methyl sites for hydroxylation is 1. The fourth-order valence-corrected chi connectivity index (χ4v) is 3.82. The van der Waals surface area contributed by atoms with Crippen LogP contribution in [0.15, 0.2) is 42.6 Å². The molecule has 1 fully saturated rings. The Morgan fingerprint density at radius 3 is 2.65 bits per heavy atom. The molecule has 0 saturated heterocycles. The molecular formula is C21H24ClN3O. The normalized spacial score (nSPS) is 20.4. The van der Waals surface area contributed by atoms with Gasteiger partial charge in [0.05, 0.1) is 17.8 Å². The van der Waals surface area contributed by atoms with Gasteiger partial charge in [0.2, 0.25) is 0 Å². The number of halogens is 1. The molecule has 0 unspecified atom stereocenters. The van der Waals surface area contributed by atoms with Crippen LogP contribution in [0.5, 0.6) is 5.75 Å². The standard InChI is InChI=1S/C21H24ClN3O/c1-14-19-13-24-25-20(19)10-11-21(14)26-18-8-6-17(7-9-18)23-12-15-2-4-16(22)5-3-15/h2-5,10-11,13,17-18,23H,6-9,12H2,1H3,(H,24,25)/t17-,18-. The zero-order valence-electron chi connectivity index (χ0n) is 15.0. The number of ether oxygens (including phenoxy) is 1. The Bertz CT molecular complexity index is 867. The number of nitrogens with zero attached hydrogens (tertiary/aromatic N) is 1. The Balaban J connectivity index is 1.29. The lowest BCUT2D eigenvalue weighted by atomic mass is 9.92. The van der Waals surface area contributed by atoms with Crippen LogP contribution in [0.3, 0.4) is 0 Å².